The zero-order valence-corrected chi connectivity index (χ0v) is 32.6. The minimum atomic E-state index is -1.12. The molecule has 0 heterocycles. The molecule has 0 spiro atoms. The van der Waals surface area contributed by atoms with Gasteiger partial charge in [-0.2, -0.15) is 0 Å². The van der Waals surface area contributed by atoms with E-state index >= 15 is 4.79 Å². The number of nitrogens with zero attached hydrogens (tertiary/aromatic N) is 1. The van der Waals surface area contributed by atoms with Crippen molar-refractivity contribution in [2.45, 2.75) is 130 Å². The van der Waals surface area contributed by atoms with Crippen LogP contribution in [0, 0.1) is 13.8 Å². The van der Waals surface area contributed by atoms with Gasteiger partial charge in [0.05, 0.1) is 0 Å². The largest absolute Gasteiger partial charge is 0.458 e. The summed E-state index contributed by atoms with van der Waals surface area (Å²) in [4.78, 5) is 58.4. The first-order valence-electron chi connectivity index (χ1n) is 18.5. The third kappa shape index (κ3) is 13.8. The SMILES string of the molecule is CCCCCCN(C(=O)C(Cc1ccccc1)NC(=O)OC(C)(C)C)C(C(=O)NC(Cc1ccccc1)C(=O)OC(C)(C)C)c1cc(C)ccc1C. The number of hydrogen-bond donors (Lipinski definition) is 2. The van der Waals surface area contributed by atoms with Gasteiger partial charge in [0.15, 0.2) is 0 Å². The van der Waals surface area contributed by atoms with Gasteiger partial charge in [-0.1, -0.05) is 111 Å². The van der Waals surface area contributed by atoms with E-state index in [1.165, 1.54) is 0 Å². The van der Waals surface area contributed by atoms with Crippen molar-refractivity contribution >= 4 is 23.9 Å². The maximum Gasteiger partial charge on any atom is 0.408 e. The van der Waals surface area contributed by atoms with Gasteiger partial charge in [-0.05, 0) is 84.1 Å². The van der Waals surface area contributed by atoms with Crippen LogP contribution in [0.1, 0.15) is 108 Å². The second kappa shape index (κ2) is 19.3. The number of aryl methyl sites for hydroxylation is 2. The molecule has 0 aromatic heterocycles. The van der Waals surface area contributed by atoms with Crippen molar-refractivity contribution in [3.63, 3.8) is 0 Å². The van der Waals surface area contributed by atoms with Crippen LogP contribution >= 0.6 is 0 Å². The molecule has 0 aliphatic heterocycles. The summed E-state index contributed by atoms with van der Waals surface area (Å²) in [5, 5.41) is 5.85. The summed E-state index contributed by atoms with van der Waals surface area (Å²) in [6.07, 6.45) is 3.08. The van der Waals surface area contributed by atoms with E-state index in [0.717, 1.165) is 41.5 Å². The summed E-state index contributed by atoms with van der Waals surface area (Å²) in [6, 6.07) is 21.5. The molecule has 3 amide bonds. The van der Waals surface area contributed by atoms with Gasteiger partial charge in [-0.3, -0.25) is 9.59 Å². The number of amides is 3. The molecule has 9 heteroatoms. The molecule has 0 saturated heterocycles. The first kappa shape index (κ1) is 41.8. The van der Waals surface area contributed by atoms with E-state index in [1.54, 1.807) is 46.4 Å². The Hall–Kier alpha value is -4.66. The number of ether oxygens (including phenoxy) is 2. The monoisotopic (exact) mass is 713 g/mol. The van der Waals surface area contributed by atoms with Crippen molar-refractivity contribution in [2.24, 2.45) is 0 Å². The molecule has 0 aliphatic carbocycles. The lowest BCUT2D eigenvalue weighted by Crippen LogP contribution is -2.55. The number of nitrogens with one attached hydrogen (secondary N) is 2. The predicted molar refractivity (Wildman–Crippen MR) is 206 cm³/mol. The number of carbonyl (C=O) groups is 4. The molecule has 0 fully saturated rings. The highest BCUT2D eigenvalue weighted by Crippen LogP contribution is 2.28. The Bertz CT molecular complexity index is 1610. The summed E-state index contributed by atoms with van der Waals surface area (Å²) in [5.74, 6) is -1.51. The van der Waals surface area contributed by atoms with Gasteiger partial charge in [-0.25, -0.2) is 9.59 Å². The van der Waals surface area contributed by atoms with Gasteiger partial charge < -0.3 is 25.0 Å². The molecule has 0 aliphatic rings. The minimum Gasteiger partial charge on any atom is -0.458 e. The number of benzene rings is 3. The van der Waals surface area contributed by atoms with E-state index in [-0.39, 0.29) is 19.4 Å². The standard InChI is InChI=1S/C43H59N3O6/c1-10-11-12-19-26-46(39(48)35(28-32-20-15-13-16-21-32)45-41(50)52-43(7,8)9)37(34-27-30(2)24-25-31(34)3)38(47)44-36(40(49)51-42(4,5)6)29-33-22-17-14-18-23-33/h13-18,20-25,27,35-37H,10-12,19,26,28-29H2,1-9H3,(H,44,47)(H,45,50). The van der Waals surface area contributed by atoms with E-state index < -0.39 is 53.2 Å². The van der Waals surface area contributed by atoms with Crippen LogP contribution in [0.4, 0.5) is 4.79 Å². The molecule has 3 unspecified atom stereocenters. The van der Waals surface area contributed by atoms with Gasteiger partial charge in [0.25, 0.3) is 0 Å². The van der Waals surface area contributed by atoms with Crippen molar-refractivity contribution in [2.75, 3.05) is 6.54 Å². The minimum absolute atomic E-state index is 0.181. The molecule has 3 aromatic carbocycles. The summed E-state index contributed by atoms with van der Waals surface area (Å²) < 4.78 is 11.4. The lowest BCUT2D eigenvalue weighted by Gasteiger charge is -2.36. The quantitative estimate of drug-likeness (QED) is 0.115. The number of unbranched alkanes of at least 4 members (excludes halogenated alkanes) is 3. The molecule has 0 saturated carbocycles. The van der Waals surface area contributed by atoms with Gasteiger partial charge in [0.1, 0.15) is 29.3 Å². The van der Waals surface area contributed by atoms with E-state index in [9.17, 15) is 14.4 Å². The summed E-state index contributed by atoms with van der Waals surface area (Å²) in [7, 11) is 0. The Morgan fingerprint density at radius 1 is 0.692 bits per heavy atom. The van der Waals surface area contributed by atoms with Crippen LogP contribution in [0.15, 0.2) is 78.9 Å². The highest BCUT2D eigenvalue weighted by atomic mass is 16.6. The molecule has 0 radical (unpaired) electrons. The van der Waals surface area contributed by atoms with Crippen LogP contribution in [-0.2, 0) is 36.7 Å². The maximum absolute atomic E-state index is 15.0. The molecular formula is C43H59N3O6. The summed E-state index contributed by atoms with van der Waals surface area (Å²) >= 11 is 0. The zero-order chi connectivity index (χ0) is 38.5. The van der Waals surface area contributed by atoms with Crippen molar-refractivity contribution in [1.29, 1.82) is 0 Å². The highest BCUT2D eigenvalue weighted by molar-refractivity contribution is 5.94. The van der Waals surface area contributed by atoms with Gasteiger partial charge in [-0.15, -0.1) is 0 Å². The molecule has 282 valence electrons. The van der Waals surface area contributed by atoms with Crippen LogP contribution < -0.4 is 10.6 Å². The third-order valence-corrected chi connectivity index (χ3v) is 8.39. The van der Waals surface area contributed by atoms with Crippen molar-refractivity contribution in [1.82, 2.24) is 15.5 Å². The molecule has 9 nitrogen and oxygen atoms in total. The number of alkyl carbamates (subject to hydrolysis) is 1. The fourth-order valence-corrected chi connectivity index (χ4v) is 5.95. The van der Waals surface area contributed by atoms with Crippen molar-refractivity contribution in [3.05, 3.63) is 107 Å². The number of esters is 1. The highest BCUT2D eigenvalue weighted by Gasteiger charge is 2.39. The molecule has 0 bridgehead atoms. The van der Waals surface area contributed by atoms with Crippen LogP contribution in [0.25, 0.3) is 0 Å². The topological polar surface area (TPSA) is 114 Å². The van der Waals surface area contributed by atoms with Crippen LogP contribution in [0.5, 0.6) is 0 Å². The first-order chi connectivity index (χ1) is 24.5. The van der Waals surface area contributed by atoms with Crippen molar-refractivity contribution in [3.8, 4) is 0 Å². The van der Waals surface area contributed by atoms with Crippen molar-refractivity contribution < 1.29 is 28.7 Å². The molecule has 2 N–H and O–H groups in total. The second-order valence-electron chi connectivity index (χ2n) is 15.5. The average molecular weight is 714 g/mol. The maximum atomic E-state index is 15.0. The molecule has 3 aromatic rings. The molecule has 52 heavy (non-hydrogen) atoms. The Kier molecular flexibility index (Phi) is 15.5. The Labute approximate surface area is 310 Å². The fourth-order valence-electron chi connectivity index (χ4n) is 5.95. The first-order valence-corrected chi connectivity index (χ1v) is 18.5. The van der Waals surface area contributed by atoms with E-state index in [4.69, 9.17) is 9.47 Å². The van der Waals surface area contributed by atoms with E-state index in [2.05, 4.69) is 17.6 Å². The smallest absolute Gasteiger partial charge is 0.408 e. The number of hydrogen-bond acceptors (Lipinski definition) is 6. The van der Waals surface area contributed by atoms with E-state index in [1.807, 2.05) is 92.7 Å². The third-order valence-electron chi connectivity index (χ3n) is 8.39. The Morgan fingerprint density at radius 2 is 1.25 bits per heavy atom. The predicted octanol–water partition coefficient (Wildman–Crippen LogP) is 7.96. The van der Waals surface area contributed by atoms with E-state index in [0.29, 0.717) is 12.0 Å². The molecule has 3 atom stereocenters. The van der Waals surface area contributed by atoms with Crippen LogP contribution in [0.3, 0.4) is 0 Å². The fraction of sp³-hybridized carbons (Fsp3) is 0.488. The lowest BCUT2D eigenvalue weighted by molar-refractivity contribution is -0.159. The summed E-state index contributed by atoms with van der Waals surface area (Å²) in [6.45, 7) is 16.8. The van der Waals surface area contributed by atoms with Gasteiger partial charge in [0.2, 0.25) is 11.8 Å². The Balaban J connectivity index is 2.16. The van der Waals surface area contributed by atoms with Gasteiger partial charge >= 0.3 is 12.1 Å². The normalized spacial score (nSPS) is 13.3. The average Bonchev–Trinajstić information content (AvgIpc) is 3.06. The molecule has 3 rings (SSSR count). The van der Waals surface area contributed by atoms with Gasteiger partial charge in [0, 0.05) is 19.4 Å². The lowest BCUT2D eigenvalue weighted by atomic mass is 9.94. The zero-order valence-electron chi connectivity index (χ0n) is 32.6. The molecular weight excluding hydrogens is 654 g/mol. The number of rotatable bonds is 16. The van der Waals surface area contributed by atoms with Crippen LogP contribution in [-0.4, -0.2) is 58.6 Å². The second-order valence-corrected chi connectivity index (χ2v) is 15.5. The Morgan fingerprint density at radius 3 is 1.79 bits per heavy atom. The summed E-state index contributed by atoms with van der Waals surface area (Å²) in [5.41, 5.74) is 2.47. The van der Waals surface area contributed by atoms with Crippen LogP contribution in [0.2, 0.25) is 0 Å². The number of carbonyl (C=O) groups excluding carboxylic acids is 4.